The molecule has 0 aromatic heterocycles. The number of ether oxygens (including phenoxy) is 2. The molecule has 2 heterocycles. The van der Waals surface area contributed by atoms with Crippen LogP contribution >= 0.6 is 0 Å². The first kappa shape index (κ1) is 23.5. The average molecular weight is 461 g/mol. The Hall–Kier alpha value is -2.65. The molecule has 1 saturated carbocycles. The second kappa shape index (κ2) is 8.95. The number of hydrogen-bond acceptors (Lipinski definition) is 7. The van der Waals surface area contributed by atoms with Crippen molar-refractivity contribution in [2.75, 3.05) is 6.54 Å². The lowest BCUT2D eigenvalue weighted by Gasteiger charge is -2.41. The van der Waals surface area contributed by atoms with E-state index >= 15 is 0 Å². The third-order valence-electron chi connectivity index (χ3n) is 6.64. The first-order valence-electron chi connectivity index (χ1n) is 11.5. The molecule has 2 amide bonds. The molecule has 1 aromatic rings. The van der Waals surface area contributed by atoms with Gasteiger partial charge in [0.2, 0.25) is 5.91 Å². The molecule has 2 saturated heterocycles. The SMILES string of the molecule is CC(C)(C)OC(=O)[C@@H]1[C@@H]2C[C@@H]([C@@H](O)[C@H]2O)N1C(=O)[C@@H]1CCCN1C(=O)OCc1ccccc1. The van der Waals surface area contributed by atoms with Crippen molar-refractivity contribution in [2.45, 2.75) is 82.6 Å². The quantitative estimate of drug-likeness (QED) is 0.653. The summed E-state index contributed by atoms with van der Waals surface area (Å²) in [7, 11) is 0. The molecule has 180 valence electrons. The third-order valence-corrected chi connectivity index (χ3v) is 6.64. The van der Waals surface area contributed by atoms with E-state index in [1.807, 2.05) is 30.3 Å². The van der Waals surface area contributed by atoms with Gasteiger partial charge in [-0.15, -0.1) is 0 Å². The van der Waals surface area contributed by atoms with Crippen molar-refractivity contribution in [2.24, 2.45) is 5.92 Å². The fourth-order valence-corrected chi connectivity index (χ4v) is 5.21. The molecule has 2 N–H and O–H groups in total. The van der Waals surface area contributed by atoms with Crippen LogP contribution in [-0.2, 0) is 25.7 Å². The predicted octanol–water partition coefficient (Wildman–Crippen LogP) is 1.45. The van der Waals surface area contributed by atoms with Crippen molar-refractivity contribution in [3.63, 3.8) is 0 Å². The number of hydrogen-bond donors (Lipinski definition) is 2. The number of nitrogens with zero attached hydrogens (tertiary/aromatic N) is 2. The number of benzene rings is 1. The lowest BCUT2D eigenvalue weighted by atomic mass is 9.93. The van der Waals surface area contributed by atoms with Crippen LogP contribution in [-0.4, -0.2) is 80.5 Å². The standard InChI is InChI=1S/C24H32N2O7/c1-24(2,3)33-22(30)18-15-12-17(20(28)19(15)27)26(18)21(29)16-10-7-11-25(16)23(31)32-13-14-8-5-4-6-9-14/h4-6,8-9,15-20,27-28H,7,10-13H2,1-3H3/t15-,16-,17-,18-,19-,20+/m0/s1. The summed E-state index contributed by atoms with van der Waals surface area (Å²) in [6, 6.07) is 6.78. The number of carbonyl (C=O) groups is 3. The Kier molecular flexibility index (Phi) is 6.37. The number of piperidine rings is 1. The van der Waals surface area contributed by atoms with Crippen molar-refractivity contribution in [3.05, 3.63) is 35.9 Å². The molecule has 33 heavy (non-hydrogen) atoms. The molecule has 0 spiro atoms. The molecule has 2 bridgehead atoms. The smallest absolute Gasteiger partial charge is 0.410 e. The monoisotopic (exact) mass is 460 g/mol. The summed E-state index contributed by atoms with van der Waals surface area (Å²) in [5.74, 6) is -1.63. The van der Waals surface area contributed by atoms with Crippen LogP contribution < -0.4 is 0 Å². The van der Waals surface area contributed by atoms with Gasteiger partial charge in [-0.2, -0.15) is 0 Å². The minimum absolute atomic E-state index is 0.0942. The highest BCUT2D eigenvalue weighted by atomic mass is 16.6. The molecule has 3 fully saturated rings. The van der Waals surface area contributed by atoms with Gasteiger partial charge in [0.1, 0.15) is 30.4 Å². The van der Waals surface area contributed by atoms with Gasteiger partial charge < -0.3 is 24.6 Å². The fraction of sp³-hybridized carbons (Fsp3) is 0.625. The number of esters is 1. The maximum absolute atomic E-state index is 13.6. The van der Waals surface area contributed by atoms with Crippen LogP contribution in [0, 0.1) is 5.92 Å². The molecule has 3 aliphatic rings. The Morgan fingerprint density at radius 1 is 1.09 bits per heavy atom. The normalized spacial score (nSPS) is 31.1. The summed E-state index contributed by atoms with van der Waals surface area (Å²) >= 11 is 0. The summed E-state index contributed by atoms with van der Waals surface area (Å²) in [4.78, 5) is 42.2. The minimum atomic E-state index is -1.14. The number of likely N-dealkylation sites (tertiary alicyclic amines) is 2. The van der Waals surface area contributed by atoms with Crippen molar-refractivity contribution in [3.8, 4) is 0 Å². The number of aliphatic hydroxyl groups excluding tert-OH is 2. The van der Waals surface area contributed by atoms with E-state index in [2.05, 4.69) is 0 Å². The van der Waals surface area contributed by atoms with Crippen LogP contribution in [0.5, 0.6) is 0 Å². The second-order valence-electron chi connectivity index (χ2n) is 10.1. The van der Waals surface area contributed by atoms with Gasteiger partial charge in [0.15, 0.2) is 0 Å². The fourth-order valence-electron chi connectivity index (χ4n) is 5.21. The van der Waals surface area contributed by atoms with E-state index < -0.39 is 59.8 Å². The maximum Gasteiger partial charge on any atom is 0.410 e. The van der Waals surface area contributed by atoms with Crippen LogP contribution in [0.15, 0.2) is 30.3 Å². The van der Waals surface area contributed by atoms with E-state index in [0.29, 0.717) is 25.8 Å². The first-order valence-corrected chi connectivity index (χ1v) is 11.5. The molecule has 1 aromatic carbocycles. The van der Waals surface area contributed by atoms with Crippen molar-refractivity contribution in [1.82, 2.24) is 9.80 Å². The molecule has 1 aliphatic carbocycles. The molecule has 4 rings (SSSR count). The van der Waals surface area contributed by atoms with Crippen LogP contribution in [0.25, 0.3) is 0 Å². The Morgan fingerprint density at radius 3 is 2.45 bits per heavy atom. The van der Waals surface area contributed by atoms with Crippen LogP contribution in [0.2, 0.25) is 0 Å². The lowest BCUT2D eigenvalue weighted by molar-refractivity contribution is -0.175. The van der Waals surface area contributed by atoms with Gasteiger partial charge in [-0.05, 0) is 45.6 Å². The summed E-state index contributed by atoms with van der Waals surface area (Å²) in [6.07, 6.45) is -1.46. The highest BCUT2D eigenvalue weighted by molar-refractivity contribution is 5.91. The zero-order valence-corrected chi connectivity index (χ0v) is 19.2. The van der Waals surface area contributed by atoms with Gasteiger partial charge in [-0.1, -0.05) is 30.3 Å². The Balaban J connectivity index is 1.50. The number of aliphatic hydroxyl groups is 2. The highest BCUT2D eigenvalue weighted by Crippen LogP contribution is 2.44. The Bertz CT molecular complexity index is 900. The highest BCUT2D eigenvalue weighted by Gasteiger charge is 2.62. The summed E-state index contributed by atoms with van der Waals surface area (Å²) < 4.78 is 11.0. The summed E-state index contributed by atoms with van der Waals surface area (Å²) in [5.41, 5.74) is 0.0737. The van der Waals surface area contributed by atoms with Crippen LogP contribution in [0.3, 0.4) is 0 Å². The molecule has 0 unspecified atom stereocenters. The van der Waals surface area contributed by atoms with Gasteiger partial charge in [0.05, 0.1) is 12.1 Å². The second-order valence-corrected chi connectivity index (χ2v) is 10.1. The van der Waals surface area contributed by atoms with E-state index in [9.17, 15) is 24.6 Å². The number of fused-ring (bicyclic) bond motifs is 2. The molecule has 9 heteroatoms. The van der Waals surface area contributed by atoms with Gasteiger partial charge in [0, 0.05) is 12.5 Å². The van der Waals surface area contributed by atoms with Gasteiger partial charge >= 0.3 is 12.1 Å². The molecule has 0 radical (unpaired) electrons. The minimum Gasteiger partial charge on any atom is -0.458 e. The molecular formula is C24H32N2O7. The van der Waals surface area contributed by atoms with E-state index in [4.69, 9.17) is 9.47 Å². The average Bonchev–Trinajstić information content (AvgIpc) is 3.46. The maximum atomic E-state index is 13.6. The number of carbonyl (C=O) groups excluding carboxylic acids is 3. The zero-order chi connectivity index (χ0) is 23.9. The predicted molar refractivity (Wildman–Crippen MR) is 117 cm³/mol. The van der Waals surface area contributed by atoms with Crippen molar-refractivity contribution >= 4 is 18.0 Å². The molecule has 6 atom stereocenters. The zero-order valence-electron chi connectivity index (χ0n) is 19.2. The first-order chi connectivity index (χ1) is 15.6. The van der Waals surface area contributed by atoms with Crippen LogP contribution in [0.4, 0.5) is 4.79 Å². The topological polar surface area (TPSA) is 117 Å². The van der Waals surface area contributed by atoms with Crippen LogP contribution in [0.1, 0.15) is 45.6 Å². The summed E-state index contributed by atoms with van der Waals surface area (Å²) in [5, 5.41) is 20.9. The van der Waals surface area contributed by atoms with Crippen molar-refractivity contribution in [1.29, 1.82) is 0 Å². The van der Waals surface area contributed by atoms with Gasteiger partial charge in [-0.3, -0.25) is 9.69 Å². The lowest BCUT2D eigenvalue weighted by Crippen LogP contribution is -2.62. The molecular weight excluding hydrogens is 428 g/mol. The van der Waals surface area contributed by atoms with E-state index in [1.165, 1.54) is 9.80 Å². The molecule has 9 nitrogen and oxygen atoms in total. The van der Waals surface area contributed by atoms with E-state index in [1.54, 1.807) is 20.8 Å². The number of rotatable bonds is 4. The molecule has 2 aliphatic heterocycles. The van der Waals surface area contributed by atoms with Crippen molar-refractivity contribution < 1.29 is 34.1 Å². The Morgan fingerprint density at radius 2 is 1.79 bits per heavy atom. The largest absolute Gasteiger partial charge is 0.458 e. The summed E-state index contributed by atoms with van der Waals surface area (Å²) in [6.45, 7) is 5.66. The third kappa shape index (κ3) is 4.56. The Labute approximate surface area is 193 Å². The van der Waals surface area contributed by atoms with E-state index in [-0.39, 0.29) is 6.61 Å². The van der Waals surface area contributed by atoms with Gasteiger partial charge in [0.25, 0.3) is 0 Å². The van der Waals surface area contributed by atoms with E-state index in [0.717, 1.165) is 5.56 Å². The number of amides is 2. The van der Waals surface area contributed by atoms with Gasteiger partial charge in [-0.25, -0.2) is 9.59 Å².